The second kappa shape index (κ2) is 10.9. The van der Waals surface area contributed by atoms with E-state index in [2.05, 4.69) is 5.32 Å². The van der Waals surface area contributed by atoms with Crippen LogP contribution in [0.4, 0.5) is 5.69 Å². The summed E-state index contributed by atoms with van der Waals surface area (Å²) in [6.07, 6.45) is 4.30. The first-order valence-corrected chi connectivity index (χ1v) is 11.4. The molecule has 0 heterocycles. The first-order chi connectivity index (χ1) is 16.5. The second-order valence-corrected chi connectivity index (χ2v) is 8.45. The van der Waals surface area contributed by atoms with E-state index < -0.39 is 5.97 Å². The predicted molar refractivity (Wildman–Crippen MR) is 130 cm³/mol. The van der Waals surface area contributed by atoms with Crippen LogP contribution in [-0.4, -0.2) is 29.1 Å². The first-order valence-electron chi connectivity index (χ1n) is 11.4. The summed E-state index contributed by atoms with van der Waals surface area (Å²) in [5.74, 6) is 0.774. The van der Waals surface area contributed by atoms with Crippen LogP contribution in [0.3, 0.4) is 0 Å². The standard InChI is InChI=1S/C27H28N2O5/c28-19-7-11-21(12-8-19)34-23-15-13-22(14-16-23)33-20-9-5-18(6-10-20)17-26(30)29-25-4-2-1-3-24(25)27(31)32/h1-6,9-10,13-16,19,21H,7-8,11-12,17,28H2,(H,29,30)(H,31,32). The molecule has 7 heteroatoms. The number of nitrogens with two attached hydrogens (primary N) is 1. The van der Waals surface area contributed by atoms with Crippen LogP contribution in [0.5, 0.6) is 17.2 Å². The van der Waals surface area contributed by atoms with E-state index in [9.17, 15) is 14.7 Å². The van der Waals surface area contributed by atoms with Gasteiger partial charge in [0.1, 0.15) is 17.2 Å². The Morgan fingerprint density at radius 3 is 2.09 bits per heavy atom. The average Bonchev–Trinajstić information content (AvgIpc) is 2.83. The monoisotopic (exact) mass is 460 g/mol. The van der Waals surface area contributed by atoms with Gasteiger partial charge in [0.15, 0.2) is 0 Å². The van der Waals surface area contributed by atoms with Crippen molar-refractivity contribution in [2.75, 3.05) is 5.32 Å². The van der Waals surface area contributed by atoms with Gasteiger partial charge in [-0.2, -0.15) is 0 Å². The number of nitrogens with one attached hydrogen (secondary N) is 1. The third-order valence-electron chi connectivity index (χ3n) is 5.80. The highest BCUT2D eigenvalue weighted by Gasteiger charge is 2.19. The molecule has 34 heavy (non-hydrogen) atoms. The molecular weight excluding hydrogens is 432 g/mol. The molecule has 0 spiro atoms. The molecule has 1 saturated carbocycles. The van der Waals surface area contributed by atoms with Crippen LogP contribution in [0.15, 0.2) is 72.8 Å². The first kappa shape index (κ1) is 23.3. The van der Waals surface area contributed by atoms with Crippen molar-refractivity contribution in [1.82, 2.24) is 0 Å². The van der Waals surface area contributed by atoms with Crippen molar-refractivity contribution in [3.63, 3.8) is 0 Å². The van der Waals surface area contributed by atoms with Gasteiger partial charge in [0.05, 0.1) is 23.8 Å². The van der Waals surface area contributed by atoms with E-state index >= 15 is 0 Å². The third-order valence-corrected chi connectivity index (χ3v) is 5.80. The van der Waals surface area contributed by atoms with E-state index in [1.165, 1.54) is 6.07 Å². The van der Waals surface area contributed by atoms with Gasteiger partial charge in [-0.25, -0.2) is 4.79 Å². The molecule has 0 atom stereocenters. The zero-order valence-corrected chi connectivity index (χ0v) is 18.8. The molecule has 1 fully saturated rings. The summed E-state index contributed by atoms with van der Waals surface area (Å²) < 4.78 is 11.9. The number of hydrogen-bond acceptors (Lipinski definition) is 5. The van der Waals surface area contributed by atoms with Crippen molar-refractivity contribution in [2.45, 2.75) is 44.2 Å². The van der Waals surface area contributed by atoms with Crippen LogP contribution >= 0.6 is 0 Å². The maximum Gasteiger partial charge on any atom is 0.337 e. The lowest BCUT2D eigenvalue weighted by atomic mass is 9.94. The number of carboxylic acid groups (broad SMARTS) is 1. The maximum absolute atomic E-state index is 12.4. The van der Waals surface area contributed by atoms with Crippen LogP contribution in [0.2, 0.25) is 0 Å². The van der Waals surface area contributed by atoms with Gasteiger partial charge >= 0.3 is 5.97 Å². The number of anilines is 1. The second-order valence-electron chi connectivity index (χ2n) is 8.45. The molecule has 1 aliphatic rings. The molecule has 4 rings (SSSR count). The highest BCUT2D eigenvalue weighted by atomic mass is 16.5. The number of ether oxygens (including phenoxy) is 2. The summed E-state index contributed by atoms with van der Waals surface area (Å²) in [7, 11) is 0. The fourth-order valence-corrected chi connectivity index (χ4v) is 3.96. The average molecular weight is 461 g/mol. The Hall–Kier alpha value is -3.84. The van der Waals surface area contributed by atoms with Crippen LogP contribution in [0.25, 0.3) is 0 Å². The Morgan fingerprint density at radius 1 is 0.853 bits per heavy atom. The van der Waals surface area contributed by atoms with E-state index in [1.54, 1.807) is 30.3 Å². The molecule has 0 bridgehead atoms. The molecule has 3 aromatic rings. The Labute approximate surface area is 198 Å². The number of benzene rings is 3. The number of rotatable bonds is 8. The van der Waals surface area contributed by atoms with Crippen molar-refractivity contribution in [3.8, 4) is 17.2 Å². The van der Waals surface area contributed by atoms with Crippen LogP contribution in [0.1, 0.15) is 41.6 Å². The van der Waals surface area contributed by atoms with E-state index in [-0.39, 0.29) is 29.7 Å². The fourth-order valence-electron chi connectivity index (χ4n) is 3.96. The molecule has 0 aliphatic heterocycles. The normalized spacial score (nSPS) is 17.6. The summed E-state index contributed by atoms with van der Waals surface area (Å²) in [4.78, 5) is 23.7. The molecule has 0 unspecified atom stereocenters. The Bertz CT molecular complexity index is 1120. The van der Waals surface area contributed by atoms with Crippen molar-refractivity contribution in [2.24, 2.45) is 5.73 Å². The van der Waals surface area contributed by atoms with Crippen LogP contribution < -0.4 is 20.5 Å². The Kier molecular flexibility index (Phi) is 7.44. The number of para-hydroxylation sites is 1. The van der Waals surface area contributed by atoms with Gasteiger partial charge in [0.25, 0.3) is 0 Å². The highest BCUT2D eigenvalue weighted by Crippen LogP contribution is 2.27. The fraction of sp³-hybridized carbons (Fsp3) is 0.259. The van der Waals surface area contributed by atoms with Crippen molar-refractivity contribution in [3.05, 3.63) is 83.9 Å². The van der Waals surface area contributed by atoms with Crippen LogP contribution in [-0.2, 0) is 11.2 Å². The van der Waals surface area contributed by atoms with E-state index in [0.29, 0.717) is 17.5 Å². The summed E-state index contributed by atoms with van der Waals surface area (Å²) in [6, 6.07) is 21.4. The van der Waals surface area contributed by atoms with Crippen molar-refractivity contribution >= 4 is 17.6 Å². The van der Waals surface area contributed by atoms with Gasteiger partial charge in [0.2, 0.25) is 5.91 Å². The number of aromatic carboxylic acids is 1. The SMILES string of the molecule is NC1CCC(Oc2ccc(Oc3ccc(CC(=O)Nc4ccccc4C(=O)O)cc3)cc2)CC1. The van der Waals surface area contributed by atoms with Gasteiger partial charge in [-0.15, -0.1) is 0 Å². The maximum atomic E-state index is 12.4. The molecule has 0 saturated heterocycles. The van der Waals surface area contributed by atoms with Gasteiger partial charge in [-0.3, -0.25) is 4.79 Å². The highest BCUT2D eigenvalue weighted by molar-refractivity contribution is 6.00. The lowest BCUT2D eigenvalue weighted by Gasteiger charge is -2.26. The minimum atomic E-state index is -1.09. The zero-order valence-electron chi connectivity index (χ0n) is 18.8. The van der Waals surface area contributed by atoms with Gasteiger partial charge in [0, 0.05) is 6.04 Å². The number of carbonyl (C=O) groups is 2. The molecule has 7 nitrogen and oxygen atoms in total. The molecule has 176 valence electrons. The van der Waals surface area contributed by atoms with Crippen molar-refractivity contribution in [1.29, 1.82) is 0 Å². The van der Waals surface area contributed by atoms with Gasteiger partial charge < -0.3 is 25.6 Å². The summed E-state index contributed by atoms with van der Waals surface area (Å²) in [6.45, 7) is 0. The lowest BCUT2D eigenvalue weighted by molar-refractivity contribution is -0.115. The number of carboxylic acids is 1. The molecule has 4 N–H and O–H groups in total. The number of hydrogen-bond donors (Lipinski definition) is 3. The van der Waals surface area contributed by atoms with E-state index in [1.807, 2.05) is 36.4 Å². The number of amides is 1. The van der Waals surface area contributed by atoms with E-state index in [4.69, 9.17) is 15.2 Å². The Morgan fingerprint density at radius 2 is 1.44 bits per heavy atom. The molecule has 3 aromatic carbocycles. The third kappa shape index (κ3) is 6.36. The van der Waals surface area contributed by atoms with Gasteiger partial charge in [-0.1, -0.05) is 24.3 Å². The zero-order chi connectivity index (χ0) is 23.9. The smallest absolute Gasteiger partial charge is 0.337 e. The van der Waals surface area contributed by atoms with E-state index in [0.717, 1.165) is 37.0 Å². The largest absolute Gasteiger partial charge is 0.490 e. The quantitative estimate of drug-likeness (QED) is 0.436. The van der Waals surface area contributed by atoms with Crippen molar-refractivity contribution < 1.29 is 24.2 Å². The topological polar surface area (TPSA) is 111 Å². The minimum Gasteiger partial charge on any atom is -0.490 e. The summed E-state index contributed by atoms with van der Waals surface area (Å²) >= 11 is 0. The molecule has 1 aliphatic carbocycles. The molecule has 0 radical (unpaired) electrons. The minimum absolute atomic E-state index is 0.0546. The predicted octanol–water partition coefficient (Wildman–Crippen LogP) is 5.01. The summed E-state index contributed by atoms with van der Waals surface area (Å²) in [5, 5.41) is 11.9. The molecule has 0 aromatic heterocycles. The van der Waals surface area contributed by atoms with Crippen LogP contribution in [0, 0.1) is 0 Å². The number of carbonyl (C=O) groups excluding carboxylic acids is 1. The molecule has 1 amide bonds. The molecular formula is C27H28N2O5. The summed E-state index contributed by atoms with van der Waals surface area (Å²) in [5.41, 5.74) is 7.07. The Balaban J connectivity index is 1.29. The van der Waals surface area contributed by atoms with Gasteiger partial charge in [-0.05, 0) is 79.8 Å². The lowest BCUT2D eigenvalue weighted by Crippen LogP contribution is -2.31.